The van der Waals surface area contributed by atoms with Crippen molar-refractivity contribution in [2.75, 3.05) is 11.5 Å². The third-order valence-corrected chi connectivity index (χ3v) is 11.4. The molecule has 5 heteroatoms. The Balaban J connectivity index is 2.45. The third kappa shape index (κ3) is 2.67. The van der Waals surface area contributed by atoms with Gasteiger partial charge in [0, 0.05) is 11.7 Å². The molecule has 0 amide bonds. The zero-order chi connectivity index (χ0) is 16.1. The Kier molecular flexibility index (Phi) is 4.29. The second-order valence-electron chi connectivity index (χ2n) is 8.03. The molecule has 0 aromatic rings. The highest BCUT2D eigenvalue weighted by Gasteiger charge is 2.61. The molecule has 2 aliphatic rings. The van der Waals surface area contributed by atoms with Crippen LogP contribution in [0.3, 0.4) is 0 Å². The van der Waals surface area contributed by atoms with Crippen LogP contribution in [0.1, 0.15) is 34.1 Å². The van der Waals surface area contributed by atoms with Gasteiger partial charge in [0.05, 0.1) is 0 Å². The average Bonchev–Trinajstić information content (AvgIpc) is 2.66. The summed E-state index contributed by atoms with van der Waals surface area (Å²) >= 11 is 1.72. The Morgan fingerprint density at radius 2 is 2.05 bits per heavy atom. The molecule has 0 radical (unpaired) electrons. The van der Waals surface area contributed by atoms with E-state index in [4.69, 9.17) is 4.43 Å². The Labute approximate surface area is 133 Å². The van der Waals surface area contributed by atoms with Crippen LogP contribution in [-0.4, -0.2) is 41.9 Å². The number of aliphatic hydroxyl groups is 1. The molecule has 1 fully saturated rings. The SMILES string of the molecule is CC(C)(C)[Si](C)(C)O[C@@]1(C)C(=O)C=CC[C@@H]2CSC[C@]21O. The summed E-state index contributed by atoms with van der Waals surface area (Å²) in [5, 5.41) is 11.3. The van der Waals surface area contributed by atoms with Crippen molar-refractivity contribution in [3.63, 3.8) is 0 Å². The van der Waals surface area contributed by atoms with Gasteiger partial charge in [0.1, 0.15) is 11.2 Å². The van der Waals surface area contributed by atoms with Crippen LogP contribution < -0.4 is 0 Å². The van der Waals surface area contributed by atoms with E-state index in [-0.39, 0.29) is 16.7 Å². The van der Waals surface area contributed by atoms with E-state index < -0.39 is 19.5 Å². The van der Waals surface area contributed by atoms with E-state index in [0.717, 1.165) is 12.2 Å². The maximum absolute atomic E-state index is 12.7. The van der Waals surface area contributed by atoms with Crippen LogP contribution >= 0.6 is 11.8 Å². The van der Waals surface area contributed by atoms with Gasteiger partial charge in [-0.25, -0.2) is 0 Å². The van der Waals surface area contributed by atoms with Gasteiger partial charge in [0.2, 0.25) is 0 Å². The van der Waals surface area contributed by atoms with Crippen molar-refractivity contribution in [1.29, 1.82) is 0 Å². The lowest BCUT2D eigenvalue weighted by molar-refractivity contribution is -0.162. The summed E-state index contributed by atoms with van der Waals surface area (Å²) in [5.74, 6) is 1.49. The quantitative estimate of drug-likeness (QED) is 0.789. The first-order chi connectivity index (χ1) is 9.44. The van der Waals surface area contributed by atoms with Crippen LogP contribution in [0.25, 0.3) is 0 Å². The van der Waals surface area contributed by atoms with Gasteiger partial charge in [-0.3, -0.25) is 4.79 Å². The first-order valence-electron chi connectivity index (χ1n) is 7.65. The van der Waals surface area contributed by atoms with Crippen LogP contribution in [0, 0.1) is 5.92 Å². The molecule has 0 unspecified atom stereocenters. The molecule has 3 nitrogen and oxygen atoms in total. The molecule has 0 aromatic heterocycles. The number of hydrogen-bond acceptors (Lipinski definition) is 4. The van der Waals surface area contributed by atoms with Crippen LogP contribution in [0.4, 0.5) is 0 Å². The minimum absolute atomic E-state index is 0.00388. The Morgan fingerprint density at radius 3 is 2.62 bits per heavy atom. The summed E-state index contributed by atoms with van der Waals surface area (Å²) in [6, 6.07) is 0. The topological polar surface area (TPSA) is 46.5 Å². The van der Waals surface area contributed by atoms with Crippen molar-refractivity contribution in [2.24, 2.45) is 5.92 Å². The fourth-order valence-corrected chi connectivity index (χ4v) is 6.16. The van der Waals surface area contributed by atoms with E-state index in [1.54, 1.807) is 17.8 Å². The van der Waals surface area contributed by atoms with Crippen LogP contribution in [0.5, 0.6) is 0 Å². The molecule has 120 valence electrons. The van der Waals surface area contributed by atoms with Gasteiger partial charge in [-0.05, 0) is 43.3 Å². The molecule has 0 aromatic carbocycles. The van der Waals surface area contributed by atoms with Gasteiger partial charge in [-0.15, -0.1) is 0 Å². The highest BCUT2D eigenvalue weighted by Crippen LogP contribution is 2.50. The van der Waals surface area contributed by atoms with E-state index in [2.05, 4.69) is 33.9 Å². The van der Waals surface area contributed by atoms with Gasteiger partial charge < -0.3 is 9.53 Å². The second kappa shape index (κ2) is 5.22. The van der Waals surface area contributed by atoms with Crippen molar-refractivity contribution in [3.8, 4) is 0 Å². The minimum Gasteiger partial charge on any atom is -0.402 e. The Hall–Kier alpha value is -0.103. The third-order valence-electron chi connectivity index (χ3n) is 5.57. The van der Waals surface area contributed by atoms with Gasteiger partial charge in [0.25, 0.3) is 0 Å². The number of thioether (sulfide) groups is 1. The summed E-state index contributed by atoms with van der Waals surface area (Å²) in [6.07, 6.45) is 4.28. The summed E-state index contributed by atoms with van der Waals surface area (Å²) in [7, 11) is -2.16. The number of ketones is 1. The van der Waals surface area contributed by atoms with Crippen molar-refractivity contribution in [3.05, 3.63) is 12.2 Å². The van der Waals surface area contributed by atoms with E-state index in [1.165, 1.54) is 0 Å². The van der Waals surface area contributed by atoms with E-state index in [0.29, 0.717) is 5.75 Å². The number of carbonyl (C=O) groups excluding carboxylic acids is 1. The Bertz CT molecular complexity index is 469. The summed E-state index contributed by atoms with van der Waals surface area (Å²) in [4.78, 5) is 12.7. The molecule has 1 aliphatic heterocycles. The first-order valence-corrected chi connectivity index (χ1v) is 11.7. The summed E-state index contributed by atoms with van der Waals surface area (Å²) < 4.78 is 6.51. The van der Waals surface area contributed by atoms with Crippen LogP contribution in [-0.2, 0) is 9.22 Å². The zero-order valence-corrected chi connectivity index (χ0v) is 15.8. The summed E-state index contributed by atoms with van der Waals surface area (Å²) in [5.41, 5.74) is -2.19. The van der Waals surface area contributed by atoms with E-state index in [9.17, 15) is 9.90 Å². The summed E-state index contributed by atoms with van der Waals surface area (Å²) in [6.45, 7) is 12.6. The number of carbonyl (C=O) groups is 1. The largest absolute Gasteiger partial charge is 0.402 e. The van der Waals surface area contributed by atoms with E-state index >= 15 is 0 Å². The molecule has 1 aliphatic carbocycles. The number of hydrogen-bond donors (Lipinski definition) is 1. The van der Waals surface area contributed by atoms with Gasteiger partial charge in [-0.1, -0.05) is 26.8 Å². The Morgan fingerprint density at radius 1 is 1.43 bits per heavy atom. The molecular formula is C16H28O3SSi. The van der Waals surface area contributed by atoms with Gasteiger partial charge in [0.15, 0.2) is 14.1 Å². The smallest absolute Gasteiger partial charge is 0.193 e. The van der Waals surface area contributed by atoms with Gasteiger partial charge >= 0.3 is 0 Å². The van der Waals surface area contributed by atoms with Crippen LogP contribution in [0.2, 0.25) is 18.1 Å². The average molecular weight is 329 g/mol. The lowest BCUT2D eigenvalue weighted by Gasteiger charge is -2.49. The van der Waals surface area contributed by atoms with Crippen LogP contribution in [0.15, 0.2) is 12.2 Å². The number of fused-ring (bicyclic) bond motifs is 1. The minimum atomic E-state index is -2.16. The first kappa shape index (κ1) is 17.3. The predicted octanol–water partition coefficient (Wildman–Crippen LogP) is 3.39. The van der Waals surface area contributed by atoms with Crippen molar-refractivity contribution in [1.82, 2.24) is 0 Å². The molecule has 3 atom stereocenters. The van der Waals surface area contributed by atoms with E-state index in [1.807, 2.05) is 13.0 Å². The fourth-order valence-electron chi connectivity index (χ4n) is 2.92. The molecule has 1 N–H and O–H groups in total. The maximum Gasteiger partial charge on any atom is 0.193 e. The zero-order valence-electron chi connectivity index (χ0n) is 14.0. The normalized spacial score (nSPS) is 37.5. The lowest BCUT2D eigenvalue weighted by atomic mass is 9.75. The fraction of sp³-hybridized carbons (Fsp3) is 0.812. The van der Waals surface area contributed by atoms with Crippen molar-refractivity contribution < 1.29 is 14.3 Å². The molecular weight excluding hydrogens is 300 g/mol. The molecule has 21 heavy (non-hydrogen) atoms. The molecule has 1 saturated heterocycles. The van der Waals surface area contributed by atoms with Crippen molar-refractivity contribution in [2.45, 2.75) is 63.5 Å². The molecule has 0 spiro atoms. The van der Waals surface area contributed by atoms with Gasteiger partial charge in [-0.2, -0.15) is 11.8 Å². The number of allylic oxidation sites excluding steroid dienone is 1. The maximum atomic E-state index is 12.7. The predicted molar refractivity (Wildman–Crippen MR) is 91.2 cm³/mol. The highest BCUT2D eigenvalue weighted by atomic mass is 32.2. The highest BCUT2D eigenvalue weighted by molar-refractivity contribution is 7.99. The molecule has 2 rings (SSSR count). The second-order valence-corrected chi connectivity index (χ2v) is 13.8. The molecule has 1 heterocycles. The number of rotatable bonds is 2. The standard InChI is InChI=1S/C16H28O3SSi/c1-14(2,3)21(5,6)19-15(4)13(17)9-7-8-12-10-20-11-16(12,15)18/h7,9,12,18H,8,10-11H2,1-6H3/t12-,15+,16+/m1/s1. The van der Waals surface area contributed by atoms with Crippen molar-refractivity contribution >= 4 is 25.9 Å². The lowest BCUT2D eigenvalue weighted by Crippen LogP contribution is -2.66. The monoisotopic (exact) mass is 328 g/mol. The molecule has 0 bridgehead atoms. The molecule has 0 saturated carbocycles.